The molecule has 1 saturated heterocycles. The van der Waals surface area contributed by atoms with E-state index in [1.165, 1.54) is 9.80 Å². The number of carbonyl (C=O) groups excluding carboxylic acids is 2. The molecule has 168 valence electrons. The van der Waals surface area contributed by atoms with Gasteiger partial charge in [-0.2, -0.15) is 0 Å². The predicted octanol–water partition coefficient (Wildman–Crippen LogP) is 3.15. The molecule has 5 atom stereocenters. The maximum Gasteiger partial charge on any atom is 0.233 e. The zero-order valence-electron chi connectivity index (χ0n) is 18.0. The summed E-state index contributed by atoms with van der Waals surface area (Å²) in [5.74, 6) is 1.03. The minimum absolute atomic E-state index is 0. The molecule has 2 aliphatic carbocycles. The largest absolute Gasteiger partial charge is 0.357 e. The zero-order chi connectivity index (χ0) is 21.1. The molecule has 4 rings (SSSR count). The van der Waals surface area contributed by atoms with Gasteiger partial charge < -0.3 is 10.6 Å². The number of imide groups is 1. The van der Waals surface area contributed by atoms with Crippen LogP contribution in [0.5, 0.6) is 0 Å². The average molecular weight is 554 g/mol. The molecule has 1 saturated carbocycles. The minimum atomic E-state index is -0.120. The number of aliphatic imine (C=N–C) groups is 1. The Hall–Kier alpha value is -1.55. The Kier molecular flexibility index (Phi) is 8.43. The Labute approximate surface area is 205 Å². The van der Waals surface area contributed by atoms with Gasteiger partial charge in [-0.05, 0) is 37.3 Å². The van der Waals surface area contributed by atoms with Gasteiger partial charge >= 0.3 is 0 Å². The van der Waals surface area contributed by atoms with E-state index in [9.17, 15) is 9.59 Å². The van der Waals surface area contributed by atoms with Gasteiger partial charge in [-0.15, -0.1) is 35.7 Å². The third-order valence-electron chi connectivity index (χ3n) is 6.12. The fraction of sp³-hybridized carbons (Fsp3) is 0.522. The van der Waals surface area contributed by atoms with E-state index in [1.807, 2.05) is 25.1 Å². The Morgan fingerprint density at radius 3 is 2.39 bits per heavy atom. The molecule has 0 spiro atoms. The number of thioether (sulfide) groups is 1. The van der Waals surface area contributed by atoms with Crippen LogP contribution in [0.4, 0.5) is 0 Å². The molecule has 3 aliphatic rings. The van der Waals surface area contributed by atoms with Crippen LogP contribution in [-0.2, 0) is 9.59 Å². The van der Waals surface area contributed by atoms with Crippen LogP contribution in [0.2, 0.25) is 0 Å². The van der Waals surface area contributed by atoms with E-state index in [4.69, 9.17) is 0 Å². The summed E-state index contributed by atoms with van der Waals surface area (Å²) in [7, 11) is 0. The molecule has 1 heterocycles. The molecule has 5 unspecified atom stereocenters. The Morgan fingerprint density at radius 2 is 1.77 bits per heavy atom. The number of carbonyl (C=O) groups is 2. The quantitative estimate of drug-likeness (QED) is 0.129. The van der Waals surface area contributed by atoms with E-state index in [0.29, 0.717) is 24.9 Å². The Morgan fingerprint density at radius 1 is 1.13 bits per heavy atom. The van der Waals surface area contributed by atoms with Crippen molar-refractivity contribution in [2.75, 3.05) is 26.2 Å². The van der Waals surface area contributed by atoms with E-state index >= 15 is 0 Å². The minimum Gasteiger partial charge on any atom is -0.357 e. The van der Waals surface area contributed by atoms with Gasteiger partial charge in [0.1, 0.15) is 0 Å². The number of hydrogen-bond donors (Lipinski definition) is 2. The predicted molar refractivity (Wildman–Crippen MR) is 136 cm³/mol. The highest BCUT2D eigenvalue weighted by Crippen LogP contribution is 2.52. The molecule has 2 bridgehead atoms. The Balaban J connectivity index is 0.00000272. The normalized spacial score (nSPS) is 27.3. The fourth-order valence-electron chi connectivity index (χ4n) is 4.80. The lowest BCUT2D eigenvalue weighted by molar-refractivity contribution is -0.140. The molecule has 0 radical (unpaired) electrons. The van der Waals surface area contributed by atoms with E-state index in [0.717, 1.165) is 18.9 Å². The van der Waals surface area contributed by atoms with Gasteiger partial charge in [0, 0.05) is 29.8 Å². The second-order valence-electron chi connectivity index (χ2n) is 8.22. The summed E-state index contributed by atoms with van der Waals surface area (Å²) in [6.45, 7) is 6.52. The lowest BCUT2D eigenvalue weighted by Gasteiger charge is -2.19. The van der Waals surface area contributed by atoms with Crippen LogP contribution >= 0.6 is 35.7 Å². The van der Waals surface area contributed by atoms with Crippen molar-refractivity contribution >= 4 is 53.5 Å². The second kappa shape index (κ2) is 10.8. The lowest BCUT2D eigenvalue weighted by Crippen LogP contribution is -2.44. The number of benzene rings is 1. The summed E-state index contributed by atoms with van der Waals surface area (Å²) in [6, 6.07) is 10.3. The summed E-state index contributed by atoms with van der Waals surface area (Å²) >= 11 is 1.80. The number of nitrogens with one attached hydrogen (secondary N) is 2. The van der Waals surface area contributed by atoms with Gasteiger partial charge in [0.15, 0.2) is 5.96 Å². The summed E-state index contributed by atoms with van der Waals surface area (Å²) in [4.78, 5) is 32.9. The van der Waals surface area contributed by atoms with Crippen molar-refractivity contribution in [3.63, 3.8) is 0 Å². The van der Waals surface area contributed by atoms with E-state index < -0.39 is 0 Å². The SMILES string of the molecule is CCNC(=NCC(C)Sc1ccccc1)NCCN1C(=O)C2C3C=CC(C3)C2C1=O.I. The molecular formula is C23H31IN4O2S. The highest BCUT2D eigenvalue weighted by molar-refractivity contribution is 14.0. The first-order valence-electron chi connectivity index (χ1n) is 10.9. The van der Waals surface area contributed by atoms with Crippen molar-refractivity contribution in [3.8, 4) is 0 Å². The fourth-order valence-corrected chi connectivity index (χ4v) is 5.73. The van der Waals surface area contributed by atoms with Gasteiger partial charge in [-0.25, -0.2) is 0 Å². The van der Waals surface area contributed by atoms with Crippen molar-refractivity contribution in [1.29, 1.82) is 0 Å². The molecular weight excluding hydrogens is 523 g/mol. The van der Waals surface area contributed by atoms with Crippen molar-refractivity contribution < 1.29 is 9.59 Å². The lowest BCUT2D eigenvalue weighted by atomic mass is 9.85. The van der Waals surface area contributed by atoms with Gasteiger partial charge in [0.25, 0.3) is 0 Å². The highest BCUT2D eigenvalue weighted by Gasteiger charge is 2.58. The number of nitrogens with zero attached hydrogens (tertiary/aromatic N) is 2. The van der Waals surface area contributed by atoms with Crippen molar-refractivity contribution in [2.45, 2.75) is 30.4 Å². The van der Waals surface area contributed by atoms with Gasteiger partial charge in [0.05, 0.1) is 18.4 Å². The van der Waals surface area contributed by atoms with Crippen LogP contribution in [0.3, 0.4) is 0 Å². The molecule has 1 aromatic carbocycles. The maximum absolute atomic E-state index is 12.8. The van der Waals surface area contributed by atoms with E-state index in [-0.39, 0.29) is 59.5 Å². The van der Waals surface area contributed by atoms with Crippen LogP contribution in [0.1, 0.15) is 20.3 Å². The van der Waals surface area contributed by atoms with Crippen LogP contribution in [-0.4, -0.2) is 54.1 Å². The number of hydrogen-bond acceptors (Lipinski definition) is 4. The third kappa shape index (κ3) is 5.27. The summed E-state index contributed by atoms with van der Waals surface area (Å²) in [5.41, 5.74) is 0. The molecule has 1 aromatic rings. The summed E-state index contributed by atoms with van der Waals surface area (Å²) in [6.07, 6.45) is 5.22. The number of rotatable bonds is 8. The van der Waals surface area contributed by atoms with Crippen LogP contribution in [0, 0.1) is 23.7 Å². The van der Waals surface area contributed by atoms with Crippen molar-refractivity contribution in [1.82, 2.24) is 15.5 Å². The van der Waals surface area contributed by atoms with Crippen LogP contribution in [0.25, 0.3) is 0 Å². The van der Waals surface area contributed by atoms with Gasteiger partial charge in [-0.1, -0.05) is 37.3 Å². The van der Waals surface area contributed by atoms with Gasteiger partial charge in [-0.3, -0.25) is 19.5 Å². The van der Waals surface area contributed by atoms with Crippen LogP contribution in [0.15, 0.2) is 52.4 Å². The molecule has 31 heavy (non-hydrogen) atoms. The summed E-state index contributed by atoms with van der Waals surface area (Å²) < 4.78 is 0. The average Bonchev–Trinajstić information content (AvgIpc) is 3.42. The van der Waals surface area contributed by atoms with Gasteiger partial charge in [0.2, 0.25) is 11.8 Å². The number of allylic oxidation sites excluding steroid dienone is 2. The number of halogens is 1. The zero-order valence-corrected chi connectivity index (χ0v) is 21.1. The number of likely N-dealkylation sites (tertiary alicyclic amines) is 1. The molecule has 2 fully saturated rings. The molecule has 2 amide bonds. The number of fused-ring (bicyclic) bond motifs is 5. The molecule has 8 heteroatoms. The van der Waals surface area contributed by atoms with Crippen molar-refractivity contribution in [3.05, 3.63) is 42.5 Å². The molecule has 1 aliphatic heterocycles. The standard InChI is InChI=1S/C23H30N4O2S.HI/c1-3-24-23(26-14-15(2)30-18-7-5-4-6-8-18)25-11-12-27-21(28)19-16-9-10-17(13-16)20(19)22(27)29;/h4-10,15-17,19-20H,3,11-14H2,1-2H3,(H2,24,25,26);1H. The second-order valence-corrected chi connectivity index (χ2v) is 9.73. The van der Waals surface area contributed by atoms with E-state index in [1.54, 1.807) is 11.8 Å². The highest BCUT2D eigenvalue weighted by atomic mass is 127. The maximum atomic E-state index is 12.8. The van der Waals surface area contributed by atoms with Crippen molar-refractivity contribution in [2.24, 2.45) is 28.7 Å². The first kappa shape index (κ1) is 24.1. The molecule has 0 aromatic heterocycles. The smallest absolute Gasteiger partial charge is 0.233 e. The number of guanidine groups is 1. The Bertz CT molecular complexity index is 817. The first-order chi connectivity index (χ1) is 14.6. The van der Waals surface area contributed by atoms with Crippen LogP contribution < -0.4 is 10.6 Å². The summed E-state index contributed by atoms with van der Waals surface area (Å²) in [5, 5.41) is 6.86. The third-order valence-corrected chi connectivity index (χ3v) is 7.22. The topological polar surface area (TPSA) is 73.8 Å². The number of amides is 2. The first-order valence-corrected chi connectivity index (χ1v) is 11.7. The molecule has 2 N–H and O–H groups in total. The van der Waals surface area contributed by atoms with E-state index in [2.05, 4.69) is 46.8 Å². The molecule has 6 nitrogen and oxygen atoms in total. The monoisotopic (exact) mass is 554 g/mol.